The van der Waals surface area contributed by atoms with Gasteiger partial charge >= 0.3 is 0 Å². The molecule has 2 aromatic heterocycles. The summed E-state index contributed by atoms with van der Waals surface area (Å²) >= 11 is 2.89. The van der Waals surface area contributed by atoms with Crippen LogP contribution in [0.2, 0.25) is 0 Å². The fourth-order valence-electron chi connectivity index (χ4n) is 4.31. The Hall–Kier alpha value is -2.43. The van der Waals surface area contributed by atoms with Crippen molar-refractivity contribution in [1.29, 1.82) is 0 Å². The Balaban J connectivity index is 1.24. The van der Waals surface area contributed by atoms with Gasteiger partial charge in [-0.05, 0) is 44.7 Å². The molecule has 1 saturated carbocycles. The monoisotopic (exact) mass is 484 g/mol. The van der Waals surface area contributed by atoms with Gasteiger partial charge in [0.05, 0.1) is 24.7 Å². The molecule has 1 aliphatic carbocycles. The summed E-state index contributed by atoms with van der Waals surface area (Å²) in [5, 5.41) is 15.2. The summed E-state index contributed by atoms with van der Waals surface area (Å²) in [4.78, 5) is 19.6. The van der Waals surface area contributed by atoms with Crippen LogP contribution in [0.5, 0.6) is 0 Å². The number of amides is 1. The third-order valence-electron chi connectivity index (χ3n) is 5.87. The van der Waals surface area contributed by atoms with E-state index < -0.39 is 0 Å². The number of anilines is 2. The van der Waals surface area contributed by atoms with Crippen molar-refractivity contribution in [2.45, 2.75) is 44.8 Å². The lowest BCUT2D eigenvalue weighted by molar-refractivity contribution is -0.113. The van der Waals surface area contributed by atoms with Crippen molar-refractivity contribution < 1.29 is 9.53 Å². The molecule has 1 aromatic carbocycles. The highest BCUT2D eigenvalue weighted by Gasteiger charge is 2.32. The van der Waals surface area contributed by atoms with Crippen molar-refractivity contribution in [3.05, 3.63) is 34.2 Å². The number of thioether (sulfide) groups is 1. The average Bonchev–Trinajstić information content (AvgIpc) is 3.37. The van der Waals surface area contributed by atoms with Crippen LogP contribution in [0.15, 0.2) is 22.7 Å². The van der Waals surface area contributed by atoms with Gasteiger partial charge in [0.25, 0.3) is 0 Å². The zero-order chi connectivity index (χ0) is 22.9. The molecule has 2 aliphatic rings. The molecule has 0 bridgehead atoms. The van der Waals surface area contributed by atoms with E-state index in [1.807, 2.05) is 5.38 Å². The maximum atomic E-state index is 12.7. The van der Waals surface area contributed by atoms with Gasteiger partial charge in [0.1, 0.15) is 0 Å². The molecule has 33 heavy (non-hydrogen) atoms. The number of hydrogen-bond acceptors (Lipinski definition) is 8. The van der Waals surface area contributed by atoms with Gasteiger partial charge < -0.3 is 15.0 Å². The molecule has 1 saturated heterocycles. The Bertz CT molecular complexity index is 1140. The number of rotatable bonds is 7. The highest BCUT2D eigenvalue weighted by atomic mass is 32.2. The van der Waals surface area contributed by atoms with Gasteiger partial charge in [-0.1, -0.05) is 29.5 Å². The molecular formula is C23H28N6O2S2. The van der Waals surface area contributed by atoms with Gasteiger partial charge in [0.15, 0.2) is 10.3 Å². The minimum atomic E-state index is -0.0866. The number of aryl methyl sites for hydroxylation is 3. The highest BCUT2D eigenvalue weighted by molar-refractivity contribution is 7.99. The van der Waals surface area contributed by atoms with Crippen LogP contribution in [-0.2, 0) is 9.53 Å². The lowest BCUT2D eigenvalue weighted by atomic mass is 9.98. The van der Waals surface area contributed by atoms with Crippen LogP contribution in [0.4, 0.5) is 11.1 Å². The first kappa shape index (κ1) is 22.4. The SMILES string of the molecule is Cc1cc(C)c(-c2csc(NC(=O)CSc3nnc(N4CCOCC4)n3C3CC3)n2)c(C)c1. The van der Waals surface area contributed by atoms with Crippen LogP contribution in [0.3, 0.4) is 0 Å². The van der Waals surface area contributed by atoms with E-state index in [2.05, 4.69) is 62.9 Å². The van der Waals surface area contributed by atoms with Crippen LogP contribution in [0, 0.1) is 20.8 Å². The van der Waals surface area contributed by atoms with Crippen molar-refractivity contribution in [3.8, 4) is 11.3 Å². The number of ether oxygens (including phenoxy) is 1. The predicted molar refractivity (Wildman–Crippen MR) is 132 cm³/mol. The molecule has 174 valence electrons. The normalized spacial score (nSPS) is 16.3. The van der Waals surface area contributed by atoms with Gasteiger partial charge in [-0.2, -0.15) is 0 Å². The average molecular weight is 485 g/mol. The minimum absolute atomic E-state index is 0.0866. The summed E-state index contributed by atoms with van der Waals surface area (Å²) in [7, 11) is 0. The largest absolute Gasteiger partial charge is 0.378 e. The fraction of sp³-hybridized carbons (Fsp3) is 0.478. The zero-order valence-corrected chi connectivity index (χ0v) is 20.8. The molecule has 3 heterocycles. The lowest BCUT2D eigenvalue weighted by Gasteiger charge is -2.27. The van der Waals surface area contributed by atoms with Crippen LogP contribution in [-0.4, -0.2) is 57.7 Å². The zero-order valence-electron chi connectivity index (χ0n) is 19.1. The summed E-state index contributed by atoms with van der Waals surface area (Å²) < 4.78 is 7.67. The summed E-state index contributed by atoms with van der Waals surface area (Å²) in [6.45, 7) is 9.36. The summed E-state index contributed by atoms with van der Waals surface area (Å²) in [6.07, 6.45) is 2.27. The molecule has 3 aromatic rings. The summed E-state index contributed by atoms with van der Waals surface area (Å²) in [6, 6.07) is 4.76. The number of carbonyl (C=O) groups excluding carboxylic acids is 1. The third kappa shape index (κ3) is 4.92. The van der Waals surface area contributed by atoms with Crippen molar-refractivity contribution >= 4 is 40.1 Å². The Kier molecular flexibility index (Phi) is 6.40. The number of benzene rings is 1. The van der Waals surface area contributed by atoms with Crippen molar-refractivity contribution in [3.63, 3.8) is 0 Å². The smallest absolute Gasteiger partial charge is 0.236 e. The maximum absolute atomic E-state index is 12.7. The molecule has 10 heteroatoms. The Morgan fingerprint density at radius 2 is 1.91 bits per heavy atom. The lowest BCUT2D eigenvalue weighted by Crippen LogP contribution is -2.38. The van der Waals surface area contributed by atoms with Crippen molar-refractivity contribution in [2.24, 2.45) is 0 Å². The van der Waals surface area contributed by atoms with Gasteiger partial charge in [-0.25, -0.2) is 4.98 Å². The van der Waals surface area contributed by atoms with Gasteiger partial charge in [0.2, 0.25) is 11.9 Å². The molecule has 1 N–H and O–H groups in total. The van der Waals surface area contributed by atoms with Crippen LogP contribution in [0.25, 0.3) is 11.3 Å². The number of nitrogens with zero attached hydrogens (tertiary/aromatic N) is 5. The molecule has 0 radical (unpaired) electrons. The van der Waals surface area contributed by atoms with Gasteiger partial charge in [-0.15, -0.1) is 21.5 Å². The molecule has 0 atom stereocenters. The van der Waals surface area contributed by atoms with E-state index in [4.69, 9.17) is 4.74 Å². The number of morpholine rings is 1. The molecule has 5 rings (SSSR count). The first-order valence-electron chi connectivity index (χ1n) is 11.2. The first-order chi connectivity index (χ1) is 16.0. The topological polar surface area (TPSA) is 85.2 Å². The van der Waals surface area contributed by atoms with E-state index in [0.717, 1.165) is 48.3 Å². The first-order valence-corrected chi connectivity index (χ1v) is 13.1. The molecular weight excluding hydrogens is 456 g/mol. The van der Waals surface area contributed by atoms with Crippen molar-refractivity contribution in [2.75, 3.05) is 42.3 Å². The van der Waals surface area contributed by atoms with Crippen LogP contribution >= 0.6 is 23.1 Å². The Labute approximate surface area is 201 Å². The van der Waals surface area contributed by atoms with Crippen LogP contribution in [0.1, 0.15) is 35.6 Å². The number of aromatic nitrogens is 4. The van der Waals surface area contributed by atoms with E-state index in [0.29, 0.717) is 24.4 Å². The van der Waals surface area contributed by atoms with E-state index >= 15 is 0 Å². The Morgan fingerprint density at radius 1 is 1.18 bits per heavy atom. The highest BCUT2D eigenvalue weighted by Crippen LogP contribution is 2.41. The molecule has 0 spiro atoms. The summed E-state index contributed by atoms with van der Waals surface area (Å²) in [5.41, 5.74) is 5.68. The van der Waals surface area contributed by atoms with E-state index in [1.165, 1.54) is 39.8 Å². The maximum Gasteiger partial charge on any atom is 0.236 e. The quantitative estimate of drug-likeness (QED) is 0.502. The number of carbonyl (C=O) groups is 1. The predicted octanol–water partition coefficient (Wildman–Crippen LogP) is 4.23. The molecule has 0 unspecified atom stereocenters. The third-order valence-corrected chi connectivity index (χ3v) is 7.57. The van der Waals surface area contributed by atoms with E-state index in [9.17, 15) is 4.79 Å². The number of thiazole rings is 1. The molecule has 8 nitrogen and oxygen atoms in total. The van der Waals surface area contributed by atoms with Gasteiger partial charge in [0, 0.05) is 30.1 Å². The van der Waals surface area contributed by atoms with Gasteiger partial charge in [-0.3, -0.25) is 9.36 Å². The molecule has 1 aliphatic heterocycles. The molecule has 2 fully saturated rings. The summed E-state index contributed by atoms with van der Waals surface area (Å²) in [5.74, 6) is 1.08. The second-order valence-corrected chi connectivity index (χ2v) is 10.4. The Morgan fingerprint density at radius 3 is 2.61 bits per heavy atom. The molecule has 1 amide bonds. The fourth-order valence-corrected chi connectivity index (χ4v) is 5.83. The van der Waals surface area contributed by atoms with E-state index in [1.54, 1.807) is 0 Å². The van der Waals surface area contributed by atoms with E-state index in [-0.39, 0.29) is 11.7 Å². The second-order valence-electron chi connectivity index (χ2n) is 8.63. The number of nitrogens with one attached hydrogen (secondary N) is 1. The van der Waals surface area contributed by atoms with Crippen LogP contribution < -0.4 is 10.2 Å². The minimum Gasteiger partial charge on any atom is -0.378 e. The standard InChI is InChI=1S/C23H28N6O2S2/c1-14-10-15(2)20(16(3)11-14)18-12-32-21(24-18)25-19(30)13-33-23-27-26-22(29(23)17-4-5-17)28-6-8-31-9-7-28/h10-12,17H,4-9,13H2,1-3H3,(H,24,25,30). The second kappa shape index (κ2) is 9.44. The number of hydrogen-bond donors (Lipinski definition) is 1. The van der Waals surface area contributed by atoms with Crippen molar-refractivity contribution in [1.82, 2.24) is 19.7 Å².